The highest BCUT2D eigenvalue weighted by Crippen LogP contribution is 2.18. The third-order valence-corrected chi connectivity index (χ3v) is 5.03. The summed E-state index contributed by atoms with van der Waals surface area (Å²) in [7, 11) is 0. The number of anilines is 1. The lowest BCUT2D eigenvalue weighted by Crippen LogP contribution is -2.49. The van der Waals surface area contributed by atoms with Crippen LogP contribution < -0.4 is 10.2 Å². The lowest BCUT2D eigenvalue weighted by molar-refractivity contribution is -0.131. The molecule has 0 radical (unpaired) electrons. The monoisotopic (exact) mass is 341 g/mol. The molecule has 1 fully saturated rings. The van der Waals surface area contributed by atoms with E-state index in [0.29, 0.717) is 13.0 Å². The maximum atomic E-state index is 12.3. The Morgan fingerprint density at radius 2 is 1.80 bits per heavy atom. The second-order valence-corrected chi connectivity index (χ2v) is 6.73. The van der Waals surface area contributed by atoms with Crippen molar-refractivity contribution in [1.82, 2.24) is 10.2 Å². The number of benzene rings is 1. The Morgan fingerprint density at radius 1 is 1.04 bits per heavy atom. The first-order chi connectivity index (χ1) is 12.2. The molecule has 1 aliphatic heterocycles. The fraction of sp³-hybridized carbons (Fsp3) is 0.500. The zero-order valence-electron chi connectivity index (χ0n) is 14.7. The predicted octanol–water partition coefficient (Wildman–Crippen LogP) is 2.20. The van der Waals surface area contributed by atoms with E-state index < -0.39 is 0 Å². The Balaban J connectivity index is 1.36. The SMILES string of the molecule is O=C(NCCC(=O)N1CCN(c2ccccc2)CC1)[C@H]1CC=CCC1. The summed E-state index contributed by atoms with van der Waals surface area (Å²) < 4.78 is 0. The zero-order chi connectivity index (χ0) is 17.5. The molecule has 0 saturated carbocycles. The van der Waals surface area contributed by atoms with Gasteiger partial charge in [0.15, 0.2) is 0 Å². The van der Waals surface area contributed by atoms with E-state index in [2.05, 4.69) is 34.5 Å². The lowest BCUT2D eigenvalue weighted by atomic mass is 9.94. The van der Waals surface area contributed by atoms with Crippen LogP contribution in [-0.4, -0.2) is 49.4 Å². The number of hydrogen-bond donors (Lipinski definition) is 1. The number of hydrogen-bond acceptors (Lipinski definition) is 3. The normalized spacial score (nSPS) is 20.4. The average molecular weight is 341 g/mol. The van der Waals surface area contributed by atoms with Crippen LogP contribution in [0.5, 0.6) is 0 Å². The van der Waals surface area contributed by atoms with Crippen molar-refractivity contribution < 1.29 is 9.59 Å². The van der Waals surface area contributed by atoms with Gasteiger partial charge in [0.05, 0.1) is 0 Å². The highest BCUT2D eigenvalue weighted by Gasteiger charge is 2.22. The van der Waals surface area contributed by atoms with Gasteiger partial charge in [0, 0.05) is 50.7 Å². The van der Waals surface area contributed by atoms with E-state index in [0.717, 1.165) is 45.4 Å². The van der Waals surface area contributed by atoms with Gasteiger partial charge in [-0.3, -0.25) is 9.59 Å². The molecule has 25 heavy (non-hydrogen) atoms. The van der Waals surface area contributed by atoms with Gasteiger partial charge < -0.3 is 15.1 Å². The summed E-state index contributed by atoms with van der Waals surface area (Å²) in [5, 5.41) is 2.93. The fourth-order valence-corrected chi connectivity index (χ4v) is 3.48. The van der Waals surface area contributed by atoms with Crippen LogP contribution in [0.4, 0.5) is 5.69 Å². The lowest BCUT2D eigenvalue weighted by Gasteiger charge is -2.36. The minimum atomic E-state index is 0.0783. The van der Waals surface area contributed by atoms with E-state index in [9.17, 15) is 9.59 Å². The van der Waals surface area contributed by atoms with Gasteiger partial charge in [-0.05, 0) is 31.4 Å². The standard InChI is InChI=1S/C20H27N3O2/c24-19(11-12-21-20(25)17-7-3-1-4-8-17)23-15-13-22(14-16-23)18-9-5-2-6-10-18/h1-3,5-6,9-10,17H,4,7-8,11-16H2,(H,21,25)/t17-/m0/s1. The van der Waals surface area contributed by atoms with E-state index >= 15 is 0 Å². The first-order valence-corrected chi connectivity index (χ1v) is 9.24. The molecule has 1 aromatic rings. The summed E-state index contributed by atoms with van der Waals surface area (Å²) in [6.45, 7) is 3.65. The highest BCUT2D eigenvalue weighted by atomic mass is 16.2. The van der Waals surface area contributed by atoms with Crippen molar-refractivity contribution >= 4 is 17.5 Å². The van der Waals surface area contributed by atoms with Crippen LogP contribution in [0.3, 0.4) is 0 Å². The van der Waals surface area contributed by atoms with Gasteiger partial charge in [0.25, 0.3) is 0 Å². The van der Waals surface area contributed by atoms with E-state index in [1.165, 1.54) is 5.69 Å². The van der Waals surface area contributed by atoms with E-state index in [1.54, 1.807) is 0 Å². The van der Waals surface area contributed by atoms with Gasteiger partial charge in [-0.15, -0.1) is 0 Å². The highest BCUT2D eigenvalue weighted by molar-refractivity contribution is 5.81. The minimum Gasteiger partial charge on any atom is -0.368 e. The minimum absolute atomic E-state index is 0.0783. The smallest absolute Gasteiger partial charge is 0.224 e. The molecule has 5 nitrogen and oxygen atoms in total. The van der Waals surface area contributed by atoms with Crippen LogP contribution in [0.2, 0.25) is 0 Å². The van der Waals surface area contributed by atoms with Crippen LogP contribution in [0.25, 0.3) is 0 Å². The van der Waals surface area contributed by atoms with Gasteiger partial charge in [0.1, 0.15) is 0 Å². The van der Waals surface area contributed by atoms with E-state index in [4.69, 9.17) is 0 Å². The maximum absolute atomic E-state index is 12.3. The summed E-state index contributed by atoms with van der Waals surface area (Å²) >= 11 is 0. The van der Waals surface area contributed by atoms with Crippen molar-refractivity contribution in [3.05, 3.63) is 42.5 Å². The zero-order valence-corrected chi connectivity index (χ0v) is 14.7. The van der Waals surface area contributed by atoms with Crippen molar-refractivity contribution in [3.63, 3.8) is 0 Å². The van der Waals surface area contributed by atoms with Crippen LogP contribution in [0, 0.1) is 5.92 Å². The molecule has 1 atom stereocenters. The molecule has 1 saturated heterocycles. The molecule has 0 bridgehead atoms. The van der Waals surface area contributed by atoms with E-state index in [1.807, 2.05) is 23.1 Å². The van der Waals surface area contributed by atoms with Crippen molar-refractivity contribution in [1.29, 1.82) is 0 Å². The number of nitrogens with zero attached hydrogens (tertiary/aromatic N) is 2. The summed E-state index contributed by atoms with van der Waals surface area (Å²) in [5.74, 6) is 0.303. The summed E-state index contributed by atoms with van der Waals surface area (Å²) in [4.78, 5) is 28.6. The second-order valence-electron chi connectivity index (χ2n) is 6.73. The Bertz CT molecular complexity index is 607. The fourth-order valence-electron chi connectivity index (χ4n) is 3.48. The van der Waals surface area contributed by atoms with Crippen molar-refractivity contribution in [2.75, 3.05) is 37.6 Å². The molecule has 0 spiro atoms. The first-order valence-electron chi connectivity index (χ1n) is 9.24. The molecule has 0 aromatic heterocycles. The van der Waals surface area contributed by atoms with Gasteiger partial charge in [-0.2, -0.15) is 0 Å². The maximum Gasteiger partial charge on any atom is 0.224 e. The molecule has 1 N–H and O–H groups in total. The Hall–Kier alpha value is -2.30. The van der Waals surface area contributed by atoms with E-state index in [-0.39, 0.29) is 17.7 Å². The largest absolute Gasteiger partial charge is 0.368 e. The molecular weight excluding hydrogens is 314 g/mol. The number of rotatable bonds is 5. The summed E-state index contributed by atoms with van der Waals surface area (Å²) in [5.41, 5.74) is 1.21. The van der Waals surface area contributed by atoms with Gasteiger partial charge in [0.2, 0.25) is 11.8 Å². The molecule has 5 heteroatoms. The molecule has 3 rings (SSSR count). The molecule has 2 aliphatic rings. The summed E-state index contributed by atoms with van der Waals surface area (Å²) in [6, 6.07) is 10.3. The second kappa shape index (κ2) is 8.70. The number of nitrogens with one attached hydrogen (secondary N) is 1. The molecule has 1 heterocycles. The van der Waals surface area contributed by atoms with Gasteiger partial charge >= 0.3 is 0 Å². The molecule has 134 valence electrons. The Kier molecular flexibility index (Phi) is 6.09. The number of amides is 2. The number of piperazine rings is 1. The molecule has 2 amide bonds. The van der Waals surface area contributed by atoms with Crippen LogP contribution in [0.15, 0.2) is 42.5 Å². The van der Waals surface area contributed by atoms with Gasteiger partial charge in [-0.1, -0.05) is 30.4 Å². The quantitative estimate of drug-likeness (QED) is 0.836. The third-order valence-electron chi connectivity index (χ3n) is 5.03. The van der Waals surface area contributed by atoms with Crippen LogP contribution in [0.1, 0.15) is 25.7 Å². The van der Waals surface area contributed by atoms with Crippen molar-refractivity contribution in [2.24, 2.45) is 5.92 Å². The molecule has 1 aromatic carbocycles. The van der Waals surface area contributed by atoms with Crippen LogP contribution in [-0.2, 0) is 9.59 Å². The average Bonchev–Trinajstić information content (AvgIpc) is 2.69. The predicted molar refractivity (Wildman–Crippen MR) is 99.3 cm³/mol. The third kappa shape index (κ3) is 4.84. The summed E-state index contributed by atoms with van der Waals surface area (Å²) in [6.07, 6.45) is 7.30. The Morgan fingerprint density at radius 3 is 2.48 bits per heavy atom. The molecule has 1 aliphatic carbocycles. The Labute approximate surface area is 149 Å². The number of carbonyl (C=O) groups excluding carboxylic acids is 2. The van der Waals surface area contributed by atoms with Crippen LogP contribution >= 0.6 is 0 Å². The topological polar surface area (TPSA) is 52.7 Å². The first kappa shape index (κ1) is 17.5. The number of carbonyl (C=O) groups is 2. The van der Waals surface area contributed by atoms with Crippen molar-refractivity contribution in [2.45, 2.75) is 25.7 Å². The number of para-hydroxylation sites is 1. The van der Waals surface area contributed by atoms with Crippen molar-refractivity contribution in [3.8, 4) is 0 Å². The molecule has 0 unspecified atom stereocenters. The molecular formula is C20H27N3O2. The van der Waals surface area contributed by atoms with Gasteiger partial charge in [-0.25, -0.2) is 0 Å². The number of allylic oxidation sites excluding steroid dienone is 2.